The van der Waals surface area contributed by atoms with Crippen molar-refractivity contribution in [1.29, 1.82) is 0 Å². The van der Waals surface area contributed by atoms with Gasteiger partial charge in [-0.15, -0.1) is 0 Å². The Kier molecular flexibility index (Phi) is 4.08. The Bertz CT molecular complexity index is 441. The number of hydrogen-bond donors (Lipinski definition) is 1. The second-order valence-electron chi connectivity index (χ2n) is 5.94. The van der Waals surface area contributed by atoms with E-state index < -0.39 is 29.6 Å². The molecule has 0 aliphatic carbocycles. The molecule has 2 amide bonds. The van der Waals surface area contributed by atoms with E-state index in [-0.39, 0.29) is 32.5 Å². The quantitative estimate of drug-likeness (QED) is 0.808. The molecule has 0 saturated carbocycles. The number of halogens is 3. The van der Waals surface area contributed by atoms with Crippen molar-refractivity contribution >= 4 is 12.0 Å². The Hall–Kier alpha value is -1.47. The minimum Gasteiger partial charge on any atom is -0.480 e. The van der Waals surface area contributed by atoms with Gasteiger partial charge in [-0.25, -0.2) is 9.59 Å². The predicted octanol–water partition coefficient (Wildman–Crippen LogP) is 2.32. The summed E-state index contributed by atoms with van der Waals surface area (Å²) in [5, 5.41) is 9.28. The molecule has 0 aromatic carbocycles. The zero-order chi connectivity index (χ0) is 15.8. The lowest BCUT2D eigenvalue weighted by Gasteiger charge is -2.39. The van der Waals surface area contributed by atoms with Gasteiger partial charge in [0.05, 0.1) is 5.92 Å². The zero-order valence-electron chi connectivity index (χ0n) is 11.8. The van der Waals surface area contributed by atoms with Crippen molar-refractivity contribution in [1.82, 2.24) is 9.80 Å². The highest BCUT2D eigenvalue weighted by molar-refractivity contribution is 5.86. The molecule has 2 fully saturated rings. The Morgan fingerprint density at radius 2 is 1.90 bits per heavy atom. The molecule has 1 N–H and O–H groups in total. The highest BCUT2D eigenvalue weighted by atomic mass is 19.4. The first kappa shape index (κ1) is 15.9. The molecule has 0 bridgehead atoms. The number of hydrogen-bond acceptors (Lipinski definition) is 2. The van der Waals surface area contributed by atoms with E-state index in [1.807, 2.05) is 0 Å². The van der Waals surface area contributed by atoms with Crippen molar-refractivity contribution in [3.05, 3.63) is 0 Å². The fourth-order valence-electron chi connectivity index (χ4n) is 3.08. The molecule has 2 saturated heterocycles. The topological polar surface area (TPSA) is 60.9 Å². The third kappa shape index (κ3) is 2.94. The molecule has 5 nitrogen and oxygen atoms in total. The van der Waals surface area contributed by atoms with Gasteiger partial charge in [-0.05, 0) is 32.6 Å². The molecule has 0 aromatic heterocycles. The lowest BCUT2D eigenvalue weighted by Crippen LogP contribution is -2.57. The van der Waals surface area contributed by atoms with Crippen molar-refractivity contribution in [2.24, 2.45) is 5.92 Å². The standard InChI is InChI=1S/C13H19F3N2O3/c1-12(10(19)20)5-3-7-18(12)11(21)17-6-2-4-9(8-17)13(14,15)16/h9H,2-8H2,1H3,(H,19,20). The van der Waals surface area contributed by atoms with Crippen LogP contribution in [-0.4, -0.2) is 58.3 Å². The molecule has 8 heteroatoms. The number of carbonyl (C=O) groups is 2. The summed E-state index contributed by atoms with van der Waals surface area (Å²) in [6.45, 7) is 1.59. The maximum absolute atomic E-state index is 12.8. The van der Waals surface area contributed by atoms with E-state index in [1.165, 1.54) is 11.8 Å². The second-order valence-corrected chi connectivity index (χ2v) is 5.94. The number of likely N-dealkylation sites (tertiary alicyclic amines) is 2. The van der Waals surface area contributed by atoms with Gasteiger partial charge < -0.3 is 14.9 Å². The fourth-order valence-corrected chi connectivity index (χ4v) is 3.08. The number of urea groups is 1. The Morgan fingerprint density at radius 1 is 1.24 bits per heavy atom. The predicted molar refractivity (Wildman–Crippen MR) is 67.7 cm³/mol. The monoisotopic (exact) mass is 308 g/mol. The Labute approximate surface area is 120 Å². The minimum atomic E-state index is -4.32. The number of rotatable bonds is 1. The van der Waals surface area contributed by atoms with Crippen LogP contribution in [0.3, 0.4) is 0 Å². The summed E-state index contributed by atoms with van der Waals surface area (Å²) in [4.78, 5) is 26.1. The average molecular weight is 308 g/mol. The maximum Gasteiger partial charge on any atom is 0.393 e. The van der Waals surface area contributed by atoms with Crippen LogP contribution >= 0.6 is 0 Å². The van der Waals surface area contributed by atoms with E-state index >= 15 is 0 Å². The smallest absolute Gasteiger partial charge is 0.393 e. The van der Waals surface area contributed by atoms with E-state index in [4.69, 9.17) is 0 Å². The van der Waals surface area contributed by atoms with Crippen LogP contribution in [0.15, 0.2) is 0 Å². The summed E-state index contributed by atoms with van der Waals surface area (Å²) >= 11 is 0. The molecule has 2 rings (SSSR count). The molecule has 120 valence electrons. The number of carbonyl (C=O) groups excluding carboxylic acids is 1. The van der Waals surface area contributed by atoms with Gasteiger partial charge in [0.25, 0.3) is 0 Å². The third-order valence-corrected chi connectivity index (χ3v) is 4.49. The van der Waals surface area contributed by atoms with Gasteiger partial charge in [-0.2, -0.15) is 13.2 Å². The van der Waals surface area contributed by atoms with Gasteiger partial charge in [-0.3, -0.25) is 0 Å². The van der Waals surface area contributed by atoms with E-state index in [1.54, 1.807) is 0 Å². The van der Waals surface area contributed by atoms with Crippen LogP contribution < -0.4 is 0 Å². The van der Waals surface area contributed by atoms with Gasteiger partial charge in [-0.1, -0.05) is 0 Å². The molecule has 0 radical (unpaired) electrons. The summed E-state index contributed by atoms with van der Waals surface area (Å²) in [7, 11) is 0. The number of amides is 2. The number of carboxylic acid groups (broad SMARTS) is 1. The first-order valence-corrected chi connectivity index (χ1v) is 7.03. The van der Waals surface area contributed by atoms with Crippen molar-refractivity contribution < 1.29 is 27.9 Å². The molecule has 2 heterocycles. The Morgan fingerprint density at radius 3 is 2.48 bits per heavy atom. The van der Waals surface area contributed by atoms with Crippen LogP contribution in [-0.2, 0) is 4.79 Å². The Balaban J connectivity index is 2.11. The first-order valence-electron chi connectivity index (χ1n) is 7.03. The van der Waals surface area contributed by atoms with Gasteiger partial charge in [0.1, 0.15) is 5.54 Å². The second kappa shape index (κ2) is 5.38. The summed E-state index contributed by atoms with van der Waals surface area (Å²) in [6, 6.07) is -0.591. The normalized spacial score (nSPS) is 30.6. The highest BCUT2D eigenvalue weighted by Crippen LogP contribution is 2.35. The lowest BCUT2D eigenvalue weighted by molar-refractivity contribution is -0.184. The molecular formula is C13H19F3N2O3. The van der Waals surface area contributed by atoms with Crippen molar-refractivity contribution in [3.8, 4) is 0 Å². The van der Waals surface area contributed by atoms with Crippen LogP contribution in [0.2, 0.25) is 0 Å². The van der Waals surface area contributed by atoms with Crippen molar-refractivity contribution in [3.63, 3.8) is 0 Å². The number of carboxylic acids is 1. The van der Waals surface area contributed by atoms with Crippen LogP contribution in [0.25, 0.3) is 0 Å². The first-order chi connectivity index (χ1) is 9.66. The molecule has 0 aromatic rings. The number of alkyl halides is 3. The summed E-state index contributed by atoms with van der Waals surface area (Å²) in [6.07, 6.45) is -3.15. The molecule has 2 unspecified atom stereocenters. The number of nitrogens with zero attached hydrogens (tertiary/aromatic N) is 2. The average Bonchev–Trinajstić information content (AvgIpc) is 2.80. The van der Waals surface area contributed by atoms with E-state index in [0.29, 0.717) is 12.8 Å². The molecule has 2 aliphatic rings. The molecule has 2 atom stereocenters. The minimum absolute atomic E-state index is 0.0173. The molecule has 0 spiro atoms. The maximum atomic E-state index is 12.8. The van der Waals surface area contributed by atoms with Gasteiger partial charge >= 0.3 is 18.2 Å². The molecular weight excluding hydrogens is 289 g/mol. The highest BCUT2D eigenvalue weighted by Gasteiger charge is 2.49. The van der Waals surface area contributed by atoms with Crippen molar-refractivity contribution in [2.75, 3.05) is 19.6 Å². The molecule has 21 heavy (non-hydrogen) atoms. The van der Waals surface area contributed by atoms with Gasteiger partial charge in [0.15, 0.2) is 0 Å². The van der Waals surface area contributed by atoms with Gasteiger partial charge in [0.2, 0.25) is 0 Å². The van der Waals surface area contributed by atoms with Gasteiger partial charge in [0, 0.05) is 19.6 Å². The largest absolute Gasteiger partial charge is 0.480 e. The van der Waals surface area contributed by atoms with E-state index in [9.17, 15) is 27.9 Å². The fraction of sp³-hybridized carbons (Fsp3) is 0.846. The van der Waals surface area contributed by atoms with Crippen LogP contribution in [0, 0.1) is 5.92 Å². The van der Waals surface area contributed by atoms with Crippen LogP contribution in [0.4, 0.5) is 18.0 Å². The van der Waals surface area contributed by atoms with Crippen molar-refractivity contribution in [2.45, 2.75) is 44.3 Å². The number of piperidine rings is 1. The van der Waals surface area contributed by atoms with E-state index in [0.717, 1.165) is 4.90 Å². The molecule has 2 aliphatic heterocycles. The van der Waals surface area contributed by atoms with Crippen LogP contribution in [0.1, 0.15) is 32.6 Å². The number of aliphatic carboxylic acids is 1. The lowest BCUT2D eigenvalue weighted by atomic mass is 9.97. The SMILES string of the molecule is CC1(C(=O)O)CCCN1C(=O)N1CCCC(C(F)(F)F)C1. The van der Waals surface area contributed by atoms with Crippen LogP contribution in [0.5, 0.6) is 0 Å². The summed E-state index contributed by atoms with van der Waals surface area (Å²) in [5.41, 5.74) is -1.32. The third-order valence-electron chi connectivity index (χ3n) is 4.49. The zero-order valence-corrected chi connectivity index (χ0v) is 11.8. The van der Waals surface area contributed by atoms with E-state index in [2.05, 4.69) is 0 Å². The summed E-state index contributed by atoms with van der Waals surface area (Å²) < 4.78 is 38.4. The summed E-state index contributed by atoms with van der Waals surface area (Å²) in [5.74, 6) is -2.63.